The van der Waals surface area contributed by atoms with Crippen LogP contribution in [0.4, 0.5) is 10.5 Å². The van der Waals surface area contributed by atoms with Crippen LogP contribution in [0, 0.1) is 18.8 Å². The van der Waals surface area contributed by atoms with Gasteiger partial charge < -0.3 is 15.7 Å². The molecule has 21 heavy (non-hydrogen) atoms. The second-order valence-electron chi connectivity index (χ2n) is 5.64. The Morgan fingerprint density at radius 1 is 1.29 bits per heavy atom. The van der Waals surface area contributed by atoms with Crippen LogP contribution in [0.5, 0.6) is 0 Å². The Morgan fingerprint density at radius 2 is 2.00 bits per heavy atom. The Kier molecular flexibility index (Phi) is 5.14. The maximum absolute atomic E-state index is 11.8. The van der Waals surface area contributed by atoms with E-state index in [1.54, 1.807) is 12.4 Å². The lowest BCUT2D eigenvalue weighted by Gasteiger charge is -2.26. The molecule has 2 rings (SSSR count). The van der Waals surface area contributed by atoms with Crippen LogP contribution < -0.4 is 10.6 Å². The van der Waals surface area contributed by atoms with Gasteiger partial charge in [-0.2, -0.15) is 0 Å². The van der Waals surface area contributed by atoms with Crippen molar-refractivity contribution in [3.05, 3.63) is 24.0 Å². The van der Waals surface area contributed by atoms with Gasteiger partial charge in [0.1, 0.15) is 0 Å². The number of urea groups is 1. The van der Waals surface area contributed by atoms with Crippen LogP contribution in [0.15, 0.2) is 18.5 Å². The minimum atomic E-state index is -0.703. The van der Waals surface area contributed by atoms with Gasteiger partial charge in [0.05, 0.1) is 17.8 Å². The molecule has 1 aromatic heterocycles. The van der Waals surface area contributed by atoms with Crippen LogP contribution >= 0.6 is 0 Å². The lowest BCUT2D eigenvalue weighted by molar-refractivity contribution is -0.143. The predicted molar refractivity (Wildman–Crippen MR) is 79.1 cm³/mol. The molecule has 3 N–H and O–H groups in total. The first-order valence-electron chi connectivity index (χ1n) is 7.24. The number of aromatic nitrogens is 1. The number of aliphatic carboxylic acids is 1. The zero-order valence-corrected chi connectivity index (χ0v) is 12.1. The molecule has 0 atom stereocenters. The number of carbonyl (C=O) groups excluding carboxylic acids is 1. The highest BCUT2D eigenvalue weighted by Crippen LogP contribution is 2.28. The van der Waals surface area contributed by atoms with E-state index < -0.39 is 5.97 Å². The Balaban J connectivity index is 1.71. The highest BCUT2D eigenvalue weighted by atomic mass is 16.4. The topological polar surface area (TPSA) is 91.3 Å². The van der Waals surface area contributed by atoms with Crippen molar-refractivity contribution in [2.75, 3.05) is 11.9 Å². The van der Waals surface area contributed by atoms with Crippen LogP contribution in [0.1, 0.15) is 31.2 Å². The fraction of sp³-hybridized carbons (Fsp3) is 0.533. The molecule has 1 fully saturated rings. The van der Waals surface area contributed by atoms with Gasteiger partial charge in [-0.3, -0.25) is 9.78 Å². The number of nitrogens with zero attached hydrogens (tertiary/aromatic N) is 1. The number of rotatable bonds is 4. The summed E-state index contributed by atoms with van der Waals surface area (Å²) >= 11 is 0. The summed E-state index contributed by atoms with van der Waals surface area (Å²) in [4.78, 5) is 26.7. The Labute approximate surface area is 124 Å². The lowest BCUT2D eigenvalue weighted by atomic mass is 9.82. The zero-order valence-electron chi connectivity index (χ0n) is 12.1. The van der Waals surface area contributed by atoms with Gasteiger partial charge in [0.15, 0.2) is 0 Å². The van der Waals surface area contributed by atoms with Gasteiger partial charge in [0.25, 0.3) is 0 Å². The van der Waals surface area contributed by atoms with E-state index in [-0.39, 0.29) is 11.9 Å². The van der Waals surface area contributed by atoms with Gasteiger partial charge in [0, 0.05) is 12.7 Å². The summed E-state index contributed by atoms with van der Waals surface area (Å²) in [6.07, 6.45) is 6.43. The molecular formula is C15H21N3O3. The molecule has 1 heterocycles. The third-order valence-electron chi connectivity index (χ3n) is 3.88. The van der Waals surface area contributed by atoms with Crippen molar-refractivity contribution in [2.45, 2.75) is 32.6 Å². The average molecular weight is 291 g/mol. The highest BCUT2D eigenvalue weighted by molar-refractivity contribution is 5.89. The third kappa shape index (κ3) is 4.73. The summed E-state index contributed by atoms with van der Waals surface area (Å²) in [6.45, 7) is 2.49. The molecule has 114 valence electrons. The smallest absolute Gasteiger partial charge is 0.319 e. The molecule has 2 amide bonds. The molecule has 6 heteroatoms. The quantitative estimate of drug-likeness (QED) is 0.794. The van der Waals surface area contributed by atoms with Crippen LogP contribution in [0.3, 0.4) is 0 Å². The van der Waals surface area contributed by atoms with E-state index in [2.05, 4.69) is 15.6 Å². The molecule has 0 radical (unpaired) electrons. The van der Waals surface area contributed by atoms with E-state index in [4.69, 9.17) is 5.11 Å². The number of amides is 2. The molecule has 0 bridgehead atoms. The summed E-state index contributed by atoms with van der Waals surface area (Å²) in [5.41, 5.74) is 1.65. The molecule has 0 aromatic carbocycles. The summed E-state index contributed by atoms with van der Waals surface area (Å²) in [5, 5.41) is 14.5. The van der Waals surface area contributed by atoms with E-state index in [0.29, 0.717) is 31.0 Å². The Hall–Kier alpha value is -2.11. The minimum Gasteiger partial charge on any atom is -0.481 e. The summed E-state index contributed by atoms with van der Waals surface area (Å²) in [6, 6.07) is 1.60. The first-order valence-corrected chi connectivity index (χ1v) is 7.24. The fourth-order valence-electron chi connectivity index (χ4n) is 2.65. The van der Waals surface area contributed by atoms with Crippen molar-refractivity contribution in [1.82, 2.24) is 10.3 Å². The van der Waals surface area contributed by atoms with Gasteiger partial charge in [-0.1, -0.05) is 0 Å². The number of nitrogens with one attached hydrogen (secondary N) is 2. The first-order chi connectivity index (χ1) is 10.0. The van der Waals surface area contributed by atoms with Gasteiger partial charge >= 0.3 is 12.0 Å². The number of carbonyl (C=O) groups is 2. The number of aryl methyl sites for hydroxylation is 1. The molecular weight excluding hydrogens is 270 g/mol. The van der Waals surface area contributed by atoms with Crippen LogP contribution in [-0.4, -0.2) is 28.6 Å². The first kappa shape index (κ1) is 15.3. The van der Waals surface area contributed by atoms with Gasteiger partial charge in [-0.05, 0) is 50.2 Å². The van der Waals surface area contributed by atoms with Crippen molar-refractivity contribution in [3.8, 4) is 0 Å². The number of carboxylic acids is 1. The van der Waals surface area contributed by atoms with E-state index in [0.717, 1.165) is 18.4 Å². The minimum absolute atomic E-state index is 0.214. The largest absolute Gasteiger partial charge is 0.481 e. The molecule has 1 aliphatic carbocycles. The second-order valence-corrected chi connectivity index (χ2v) is 5.64. The summed E-state index contributed by atoms with van der Waals surface area (Å²) in [5.74, 6) is -0.554. The average Bonchev–Trinajstić information content (AvgIpc) is 2.45. The Morgan fingerprint density at radius 3 is 2.62 bits per heavy atom. The van der Waals surface area contributed by atoms with Crippen LogP contribution in [0.2, 0.25) is 0 Å². The summed E-state index contributed by atoms with van der Waals surface area (Å²) < 4.78 is 0. The molecule has 0 unspecified atom stereocenters. The fourth-order valence-corrected chi connectivity index (χ4v) is 2.65. The van der Waals surface area contributed by atoms with Crippen molar-refractivity contribution < 1.29 is 14.7 Å². The zero-order chi connectivity index (χ0) is 15.2. The molecule has 1 saturated carbocycles. The van der Waals surface area contributed by atoms with Crippen molar-refractivity contribution in [2.24, 2.45) is 11.8 Å². The van der Waals surface area contributed by atoms with E-state index >= 15 is 0 Å². The van der Waals surface area contributed by atoms with E-state index in [1.165, 1.54) is 0 Å². The maximum atomic E-state index is 11.8. The van der Waals surface area contributed by atoms with Gasteiger partial charge in [-0.15, -0.1) is 0 Å². The molecule has 1 aromatic rings. The third-order valence-corrected chi connectivity index (χ3v) is 3.88. The molecule has 1 aliphatic rings. The SMILES string of the molecule is Cc1cncc(NC(=O)NCC2CCC(C(=O)O)CC2)c1. The number of anilines is 1. The van der Waals surface area contributed by atoms with E-state index in [1.807, 2.05) is 13.0 Å². The number of hydrogen-bond donors (Lipinski definition) is 3. The lowest BCUT2D eigenvalue weighted by Crippen LogP contribution is -2.35. The predicted octanol–water partition coefficient (Wildman–Crippen LogP) is 2.40. The van der Waals surface area contributed by atoms with Crippen LogP contribution in [-0.2, 0) is 4.79 Å². The monoisotopic (exact) mass is 291 g/mol. The molecule has 0 aliphatic heterocycles. The van der Waals surface area contributed by atoms with E-state index in [9.17, 15) is 9.59 Å². The van der Waals surface area contributed by atoms with Gasteiger partial charge in [0.2, 0.25) is 0 Å². The van der Waals surface area contributed by atoms with Crippen molar-refractivity contribution in [1.29, 1.82) is 0 Å². The summed E-state index contributed by atoms with van der Waals surface area (Å²) in [7, 11) is 0. The molecule has 0 saturated heterocycles. The standard InChI is InChI=1S/C15H21N3O3/c1-10-6-13(9-16-7-10)18-15(21)17-8-11-2-4-12(5-3-11)14(19)20/h6-7,9,11-12H,2-5,8H2,1H3,(H,19,20)(H2,17,18,21). The molecule has 0 spiro atoms. The normalized spacial score (nSPS) is 21.6. The number of carboxylic acid groups (broad SMARTS) is 1. The number of hydrogen-bond acceptors (Lipinski definition) is 3. The van der Waals surface area contributed by atoms with Crippen molar-refractivity contribution >= 4 is 17.7 Å². The van der Waals surface area contributed by atoms with Crippen LogP contribution in [0.25, 0.3) is 0 Å². The Bertz CT molecular complexity index is 511. The molecule has 6 nitrogen and oxygen atoms in total. The van der Waals surface area contributed by atoms with Crippen molar-refractivity contribution in [3.63, 3.8) is 0 Å². The second kappa shape index (κ2) is 7.06. The highest BCUT2D eigenvalue weighted by Gasteiger charge is 2.25. The number of pyridine rings is 1. The maximum Gasteiger partial charge on any atom is 0.319 e. The van der Waals surface area contributed by atoms with Gasteiger partial charge in [-0.25, -0.2) is 4.79 Å².